The zero-order chi connectivity index (χ0) is 12.3. The first-order valence-electron chi connectivity index (χ1n) is 4.84. The van der Waals surface area contributed by atoms with Crippen LogP contribution in [0.2, 0.25) is 10.0 Å². The van der Waals surface area contributed by atoms with Gasteiger partial charge in [0.15, 0.2) is 0 Å². The third kappa shape index (κ3) is 3.37. The van der Waals surface area contributed by atoms with E-state index in [0.29, 0.717) is 10.0 Å². The molecule has 0 saturated heterocycles. The molecule has 0 aromatic heterocycles. The number of amides is 1. The van der Waals surface area contributed by atoms with Crippen molar-refractivity contribution in [2.45, 2.75) is 12.8 Å². The summed E-state index contributed by atoms with van der Waals surface area (Å²) in [6.07, 6.45) is 0. The summed E-state index contributed by atoms with van der Waals surface area (Å²) in [5.74, 6) is -0.415. The lowest BCUT2D eigenvalue weighted by Gasteiger charge is -2.17. The van der Waals surface area contributed by atoms with Crippen LogP contribution in [0.5, 0.6) is 0 Å². The Morgan fingerprint density at radius 3 is 2.50 bits per heavy atom. The van der Waals surface area contributed by atoms with Gasteiger partial charge in [0.05, 0.1) is 5.92 Å². The number of nitrogens with zero attached hydrogens (tertiary/aromatic N) is 1. The van der Waals surface area contributed by atoms with Crippen molar-refractivity contribution in [1.82, 2.24) is 10.4 Å². The third-order valence-corrected chi connectivity index (χ3v) is 2.72. The minimum atomic E-state index is -0.313. The summed E-state index contributed by atoms with van der Waals surface area (Å²) in [7, 11) is 3.52. The lowest BCUT2D eigenvalue weighted by molar-refractivity contribution is -0.125. The van der Waals surface area contributed by atoms with Crippen molar-refractivity contribution in [3.63, 3.8) is 0 Å². The summed E-state index contributed by atoms with van der Waals surface area (Å²) in [5.41, 5.74) is 3.45. The maximum atomic E-state index is 11.7. The van der Waals surface area contributed by atoms with E-state index >= 15 is 0 Å². The van der Waals surface area contributed by atoms with Gasteiger partial charge in [-0.25, -0.2) is 5.01 Å². The molecule has 1 aromatic rings. The van der Waals surface area contributed by atoms with Crippen LogP contribution < -0.4 is 5.43 Å². The van der Waals surface area contributed by atoms with E-state index in [-0.39, 0.29) is 11.8 Å². The average molecular weight is 261 g/mol. The van der Waals surface area contributed by atoms with Crippen molar-refractivity contribution in [2.24, 2.45) is 0 Å². The summed E-state index contributed by atoms with van der Waals surface area (Å²) in [5, 5.41) is 2.67. The number of benzene rings is 1. The second kappa shape index (κ2) is 5.53. The van der Waals surface area contributed by atoms with E-state index in [2.05, 4.69) is 5.43 Å². The minimum Gasteiger partial charge on any atom is -0.289 e. The van der Waals surface area contributed by atoms with Crippen molar-refractivity contribution >= 4 is 29.1 Å². The van der Waals surface area contributed by atoms with E-state index in [4.69, 9.17) is 23.2 Å². The van der Waals surface area contributed by atoms with Crippen LogP contribution in [0, 0.1) is 0 Å². The molecule has 0 fully saturated rings. The average Bonchev–Trinajstić information content (AvgIpc) is 2.15. The molecule has 1 aromatic carbocycles. The fraction of sp³-hybridized carbons (Fsp3) is 0.364. The van der Waals surface area contributed by atoms with Crippen molar-refractivity contribution in [1.29, 1.82) is 0 Å². The maximum Gasteiger partial charge on any atom is 0.241 e. The Hall–Kier alpha value is -0.770. The lowest BCUT2D eigenvalue weighted by Crippen LogP contribution is -2.38. The topological polar surface area (TPSA) is 32.3 Å². The molecule has 0 bridgehead atoms. The Balaban J connectivity index is 2.87. The molecule has 0 aliphatic carbocycles. The van der Waals surface area contributed by atoms with Gasteiger partial charge in [0.1, 0.15) is 0 Å². The van der Waals surface area contributed by atoms with Gasteiger partial charge in [-0.2, -0.15) is 0 Å². The van der Waals surface area contributed by atoms with E-state index in [0.717, 1.165) is 5.56 Å². The molecular formula is C11H14Cl2N2O. The van der Waals surface area contributed by atoms with Crippen LogP contribution >= 0.6 is 23.2 Å². The van der Waals surface area contributed by atoms with Gasteiger partial charge in [0.2, 0.25) is 5.91 Å². The van der Waals surface area contributed by atoms with Gasteiger partial charge in [-0.1, -0.05) is 29.3 Å². The van der Waals surface area contributed by atoms with E-state index in [1.807, 2.05) is 0 Å². The summed E-state index contributed by atoms with van der Waals surface area (Å²) < 4.78 is 0. The Morgan fingerprint density at radius 2 is 2.00 bits per heavy atom. The van der Waals surface area contributed by atoms with Gasteiger partial charge in [-0.15, -0.1) is 0 Å². The van der Waals surface area contributed by atoms with E-state index in [9.17, 15) is 4.79 Å². The van der Waals surface area contributed by atoms with Crippen LogP contribution in [0.15, 0.2) is 18.2 Å². The number of carbonyl (C=O) groups is 1. The molecule has 16 heavy (non-hydrogen) atoms. The first-order chi connectivity index (χ1) is 7.41. The number of carbonyl (C=O) groups excluding carboxylic acids is 1. The maximum absolute atomic E-state index is 11.7. The van der Waals surface area contributed by atoms with Crippen molar-refractivity contribution in [3.05, 3.63) is 33.8 Å². The fourth-order valence-electron chi connectivity index (χ4n) is 1.31. The number of hydrogen-bond donors (Lipinski definition) is 1. The van der Waals surface area contributed by atoms with Gasteiger partial charge in [0, 0.05) is 24.1 Å². The second-order valence-corrected chi connectivity index (χ2v) is 4.60. The molecule has 3 nitrogen and oxygen atoms in total. The first-order valence-corrected chi connectivity index (χ1v) is 5.60. The highest BCUT2D eigenvalue weighted by molar-refractivity contribution is 6.35. The molecule has 0 saturated carbocycles. The standard InChI is InChI=1S/C11H14Cl2N2O/c1-7(11(16)14-15(2)3)9-5-4-8(12)6-10(9)13/h4-7H,1-3H3,(H,14,16). The molecule has 1 N–H and O–H groups in total. The second-order valence-electron chi connectivity index (χ2n) is 3.76. The number of halogens is 2. The van der Waals surface area contributed by atoms with E-state index in [1.54, 1.807) is 44.2 Å². The van der Waals surface area contributed by atoms with Crippen LogP contribution in [0.1, 0.15) is 18.4 Å². The zero-order valence-corrected chi connectivity index (χ0v) is 10.9. The monoisotopic (exact) mass is 260 g/mol. The number of hydrazine groups is 1. The quantitative estimate of drug-likeness (QED) is 0.848. The summed E-state index contributed by atoms with van der Waals surface area (Å²) in [4.78, 5) is 11.7. The molecule has 0 radical (unpaired) electrons. The zero-order valence-electron chi connectivity index (χ0n) is 9.42. The molecule has 0 aliphatic heterocycles. The Morgan fingerprint density at radius 1 is 1.38 bits per heavy atom. The summed E-state index contributed by atoms with van der Waals surface area (Å²) in [6, 6.07) is 5.13. The number of hydrogen-bond acceptors (Lipinski definition) is 2. The lowest BCUT2D eigenvalue weighted by atomic mass is 10.0. The molecule has 5 heteroatoms. The predicted molar refractivity (Wildman–Crippen MR) is 66.7 cm³/mol. The largest absolute Gasteiger partial charge is 0.289 e. The molecule has 1 rings (SSSR count). The van der Waals surface area contributed by atoms with Gasteiger partial charge >= 0.3 is 0 Å². The van der Waals surface area contributed by atoms with Crippen LogP contribution in [-0.2, 0) is 4.79 Å². The highest BCUT2D eigenvalue weighted by atomic mass is 35.5. The van der Waals surface area contributed by atoms with Gasteiger partial charge in [-0.3, -0.25) is 10.2 Å². The Bertz CT molecular complexity index is 394. The van der Waals surface area contributed by atoms with Crippen molar-refractivity contribution < 1.29 is 4.79 Å². The Labute approximate surface area is 105 Å². The van der Waals surface area contributed by atoms with Gasteiger partial charge in [-0.05, 0) is 24.6 Å². The highest BCUT2D eigenvalue weighted by Gasteiger charge is 2.18. The smallest absolute Gasteiger partial charge is 0.241 e. The molecule has 1 atom stereocenters. The van der Waals surface area contributed by atoms with E-state index < -0.39 is 0 Å². The molecular weight excluding hydrogens is 247 g/mol. The Kier molecular flexibility index (Phi) is 4.59. The first kappa shape index (κ1) is 13.3. The molecule has 1 unspecified atom stereocenters. The third-order valence-electron chi connectivity index (χ3n) is 2.16. The number of rotatable bonds is 3. The fourth-order valence-corrected chi connectivity index (χ4v) is 1.88. The van der Waals surface area contributed by atoms with Gasteiger partial charge < -0.3 is 0 Å². The highest BCUT2D eigenvalue weighted by Crippen LogP contribution is 2.27. The van der Waals surface area contributed by atoms with Crippen LogP contribution in [-0.4, -0.2) is 25.0 Å². The van der Waals surface area contributed by atoms with Gasteiger partial charge in [0.25, 0.3) is 0 Å². The van der Waals surface area contributed by atoms with Crippen molar-refractivity contribution in [2.75, 3.05) is 14.1 Å². The molecule has 1 amide bonds. The van der Waals surface area contributed by atoms with Crippen LogP contribution in [0.25, 0.3) is 0 Å². The van der Waals surface area contributed by atoms with Crippen molar-refractivity contribution in [3.8, 4) is 0 Å². The predicted octanol–water partition coefficient (Wildman–Crippen LogP) is 2.69. The van der Waals surface area contributed by atoms with Crippen LogP contribution in [0.3, 0.4) is 0 Å². The van der Waals surface area contributed by atoms with Crippen LogP contribution in [0.4, 0.5) is 0 Å². The molecule has 0 spiro atoms. The summed E-state index contributed by atoms with van der Waals surface area (Å²) in [6.45, 7) is 1.80. The minimum absolute atomic E-state index is 0.103. The molecule has 0 heterocycles. The number of nitrogens with one attached hydrogen (secondary N) is 1. The summed E-state index contributed by atoms with van der Waals surface area (Å²) >= 11 is 11.8. The SMILES string of the molecule is CC(C(=O)NN(C)C)c1ccc(Cl)cc1Cl. The van der Waals surface area contributed by atoms with E-state index in [1.165, 1.54) is 0 Å². The normalized spacial score (nSPS) is 12.6. The molecule has 0 aliphatic rings. The molecule has 88 valence electrons.